The average molecular weight is 288 g/mol. The predicted octanol–water partition coefficient (Wildman–Crippen LogP) is 2.72. The zero-order valence-electron chi connectivity index (χ0n) is 10.6. The van der Waals surface area contributed by atoms with Gasteiger partial charge < -0.3 is 4.90 Å². The van der Waals surface area contributed by atoms with E-state index in [1.54, 1.807) is 0 Å². The molecule has 0 radical (unpaired) electrons. The van der Waals surface area contributed by atoms with Crippen LogP contribution in [0.4, 0.5) is 0 Å². The average Bonchev–Trinajstić information content (AvgIpc) is 2.74. The summed E-state index contributed by atoms with van der Waals surface area (Å²) in [5.74, 6) is 0.578. The van der Waals surface area contributed by atoms with E-state index in [2.05, 4.69) is 9.59 Å². The van der Waals surface area contributed by atoms with Crippen LogP contribution in [0.3, 0.4) is 0 Å². The lowest BCUT2D eigenvalue weighted by Crippen LogP contribution is -2.41. The van der Waals surface area contributed by atoms with Crippen molar-refractivity contribution < 1.29 is 4.79 Å². The minimum absolute atomic E-state index is 0.0643. The van der Waals surface area contributed by atoms with Gasteiger partial charge in [-0.15, -0.1) is 16.7 Å². The van der Waals surface area contributed by atoms with Crippen LogP contribution in [0.1, 0.15) is 48.0 Å². The molecule has 1 aliphatic heterocycles. The fraction of sp³-hybridized carbons (Fsp3) is 0.750. The van der Waals surface area contributed by atoms with Crippen LogP contribution in [0.25, 0.3) is 0 Å². The van der Waals surface area contributed by atoms with Crippen LogP contribution < -0.4 is 0 Å². The molecular weight excluding hydrogens is 270 g/mol. The molecule has 1 aromatic heterocycles. The van der Waals surface area contributed by atoms with Crippen molar-refractivity contribution in [1.82, 2.24) is 14.5 Å². The number of alkyl halides is 1. The number of rotatable bonds is 3. The number of nitrogens with zero attached hydrogens (tertiary/aromatic N) is 3. The standard InChI is InChI=1S/C12H18ClN3OS/c1-2-10-11(18-15-14-10)12(17)16-7-5-3-4-6-9(16)8-13/h9H,2-8H2,1H3. The van der Waals surface area contributed by atoms with Crippen LogP contribution in [0, 0.1) is 0 Å². The van der Waals surface area contributed by atoms with Gasteiger partial charge >= 0.3 is 0 Å². The highest BCUT2D eigenvalue weighted by Gasteiger charge is 2.28. The monoisotopic (exact) mass is 287 g/mol. The number of hydrogen-bond acceptors (Lipinski definition) is 4. The van der Waals surface area contributed by atoms with Gasteiger partial charge in [0, 0.05) is 18.5 Å². The first kappa shape index (κ1) is 13.7. The van der Waals surface area contributed by atoms with Crippen molar-refractivity contribution in [2.45, 2.75) is 45.1 Å². The molecule has 18 heavy (non-hydrogen) atoms. The maximum Gasteiger partial charge on any atom is 0.267 e. The summed E-state index contributed by atoms with van der Waals surface area (Å²) in [5.41, 5.74) is 0.808. The molecule has 0 aromatic carbocycles. The van der Waals surface area contributed by atoms with Crippen molar-refractivity contribution in [3.8, 4) is 0 Å². The first-order valence-electron chi connectivity index (χ1n) is 6.46. The van der Waals surface area contributed by atoms with E-state index in [0.29, 0.717) is 10.8 Å². The van der Waals surface area contributed by atoms with Crippen molar-refractivity contribution in [2.24, 2.45) is 0 Å². The second kappa shape index (κ2) is 6.48. The fourth-order valence-electron chi connectivity index (χ4n) is 2.34. The third kappa shape index (κ3) is 2.83. The van der Waals surface area contributed by atoms with Gasteiger partial charge in [0.15, 0.2) is 0 Å². The van der Waals surface area contributed by atoms with E-state index in [1.807, 2.05) is 11.8 Å². The minimum Gasteiger partial charge on any atom is -0.334 e. The van der Waals surface area contributed by atoms with Gasteiger partial charge in [-0.1, -0.05) is 24.3 Å². The zero-order chi connectivity index (χ0) is 13.0. The van der Waals surface area contributed by atoms with Crippen molar-refractivity contribution >= 4 is 29.0 Å². The molecule has 1 unspecified atom stereocenters. The van der Waals surface area contributed by atoms with Gasteiger partial charge in [-0.25, -0.2) is 0 Å². The van der Waals surface area contributed by atoms with E-state index < -0.39 is 0 Å². The molecule has 100 valence electrons. The van der Waals surface area contributed by atoms with Crippen LogP contribution in [0.2, 0.25) is 0 Å². The molecule has 1 aliphatic rings. The molecule has 2 rings (SSSR count). The number of halogens is 1. The molecule has 0 bridgehead atoms. The van der Waals surface area contributed by atoms with E-state index in [4.69, 9.17) is 11.6 Å². The zero-order valence-corrected chi connectivity index (χ0v) is 12.1. The van der Waals surface area contributed by atoms with Crippen LogP contribution in [-0.2, 0) is 6.42 Å². The molecule has 1 saturated heterocycles. The second-order valence-corrected chi connectivity index (χ2v) is 5.62. The third-order valence-electron chi connectivity index (χ3n) is 3.40. The molecule has 1 fully saturated rings. The van der Waals surface area contributed by atoms with E-state index in [9.17, 15) is 4.79 Å². The Balaban J connectivity index is 2.20. The van der Waals surface area contributed by atoms with E-state index in [0.717, 1.165) is 37.9 Å². The number of aryl methyl sites for hydroxylation is 1. The quantitative estimate of drug-likeness (QED) is 0.803. The summed E-state index contributed by atoms with van der Waals surface area (Å²) in [6.07, 6.45) is 5.15. The van der Waals surface area contributed by atoms with Crippen LogP contribution in [-0.4, -0.2) is 38.9 Å². The molecule has 0 spiro atoms. The highest BCUT2D eigenvalue weighted by atomic mass is 35.5. The Morgan fingerprint density at radius 2 is 2.33 bits per heavy atom. The van der Waals surface area contributed by atoms with Crippen LogP contribution >= 0.6 is 23.1 Å². The summed E-state index contributed by atoms with van der Waals surface area (Å²) < 4.78 is 3.89. The van der Waals surface area contributed by atoms with Crippen molar-refractivity contribution in [3.63, 3.8) is 0 Å². The predicted molar refractivity (Wildman–Crippen MR) is 73.3 cm³/mol. The van der Waals surface area contributed by atoms with Gasteiger partial charge in [-0.3, -0.25) is 4.79 Å². The highest BCUT2D eigenvalue weighted by molar-refractivity contribution is 7.08. The molecule has 4 nitrogen and oxygen atoms in total. The summed E-state index contributed by atoms with van der Waals surface area (Å²) in [5, 5.41) is 4.01. The maximum atomic E-state index is 12.6. The largest absolute Gasteiger partial charge is 0.334 e. The van der Waals surface area contributed by atoms with Gasteiger partial charge in [0.1, 0.15) is 4.88 Å². The number of aromatic nitrogens is 2. The Bertz CT molecular complexity index is 410. The maximum absolute atomic E-state index is 12.6. The SMILES string of the molecule is CCc1nnsc1C(=O)N1CCCCCC1CCl. The second-order valence-electron chi connectivity index (χ2n) is 4.56. The number of carbonyl (C=O) groups excluding carboxylic acids is 1. The van der Waals surface area contributed by atoms with Crippen molar-refractivity contribution in [2.75, 3.05) is 12.4 Å². The molecule has 0 saturated carbocycles. The van der Waals surface area contributed by atoms with Crippen LogP contribution in [0.5, 0.6) is 0 Å². The molecular formula is C12H18ClN3OS. The number of carbonyl (C=O) groups is 1. The molecule has 6 heteroatoms. The van der Waals surface area contributed by atoms with Gasteiger partial charge in [-0.2, -0.15) is 0 Å². The Kier molecular flexibility index (Phi) is 4.95. The van der Waals surface area contributed by atoms with E-state index in [1.165, 1.54) is 18.0 Å². The first-order valence-corrected chi connectivity index (χ1v) is 7.76. The molecule has 2 heterocycles. The highest BCUT2D eigenvalue weighted by Crippen LogP contribution is 2.22. The topological polar surface area (TPSA) is 46.1 Å². The van der Waals surface area contributed by atoms with Gasteiger partial charge in [0.25, 0.3) is 5.91 Å². The Labute approximate surface area is 116 Å². The molecule has 1 atom stereocenters. The summed E-state index contributed by atoms with van der Waals surface area (Å²) in [6, 6.07) is 0.161. The van der Waals surface area contributed by atoms with Crippen LogP contribution in [0.15, 0.2) is 0 Å². The van der Waals surface area contributed by atoms with Crippen molar-refractivity contribution in [1.29, 1.82) is 0 Å². The number of amides is 1. The number of hydrogen-bond donors (Lipinski definition) is 0. The lowest BCUT2D eigenvalue weighted by molar-refractivity contribution is 0.0704. The lowest BCUT2D eigenvalue weighted by atomic mass is 10.1. The van der Waals surface area contributed by atoms with Gasteiger partial charge in [-0.05, 0) is 30.8 Å². The van der Waals surface area contributed by atoms with Gasteiger partial charge in [0.05, 0.1) is 5.69 Å². The van der Waals surface area contributed by atoms with Gasteiger partial charge in [0.2, 0.25) is 0 Å². The lowest BCUT2D eigenvalue weighted by Gasteiger charge is -2.28. The summed E-state index contributed by atoms with van der Waals surface area (Å²) in [7, 11) is 0. The van der Waals surface area contributed by atoms with E-state index >= 15 is 0 Å². The Morgan fingerprint density at radius 1 is 1.50 bits per heavy atom. The molecule has 1 aromatic rings. The van der Waals surface area contributed by atoms with Crippen molar-refractivity contribution in [3.05, 3.63) is 10.6 Å². The summed E-state index contributed by atoms with van der Waals surface area (Å²) in [4.78, 5) is 15.2. The number of likely N-dealkylation sites (tertiary alicyclic amines) is 1. The smallest absolute Gasteiger partial charge is 0.267 e. The summed E-state index contributed by atoms with van der Waals surface area (Å²) >= 11 is 7.20. The normalized spacial score (nSPS) is 20.8. The molecule has 0 N–H and O–H groups in total. The first-order chi connectivity index (χ1) is 8.77. The van der Waals surface area contributed by atoms with E-state index in [-0.39, 0.29) is 11.9 Å². The third-order valence-corrected chi connectivity index (χ3v) is 4.51. The molecule has 0 aliphatic carbocycles. The fourth-order valence-corrected chi connectivity index (χ4v) is 3.37. The summed E-state index contributed by atoms with van der Waals surface area (Å²) in [6.45, 7) is 2.80. The Morgan fingerprint density at radius 3 is 3.06 bits per heavy atom. The molecule has 1 amide bonds. The minimum atomic E-state index is 0.0643. The Hall–Kier alpha value is -0.680.